The molecule has 0 bridgehead atoms. The largest absolute Gasteiger partial charge is 0.477 e. The molecule has 1 amide bonds. The average Bonchev–Trinajstić information content (AvgIpc) is 2.86. The smallest absolute Gasteiger partial charge is 0.354 e. The number of hydrogen-bond acceptors (Lipinski definition) is 4. The minimum Gasteiger partial charge on any atom is -0.477 e. The molecule has 1 aliphatic rings. The Bertz CT molecular complexity index is 437. The Labute approximate surface area is 104 Å². The highest BCUT2D eigenvalue weighted by atomic mass is 16.5. The summed E-state index contributed by atoms with van der Waals surface area (Å²) in [7, 11) is 0. The molecule has 1 atom stereocenters. The number of hydrogen-bond donors (Lipinski definition) is 3. The number of amides is 1. The predicted molar refractivity (Wildman–Crippen MR) is 61.5 cm³/mol. The van der Waals surface area contributed by atoms with Gasteiger partial charge in [0, 0.05) is 13.2 Å². The molecule has 0 radical (unpaired) electrons. The van der Waals surface area contributed by atoms with Crippen LogP contribution in [-0.2, 0) is 4.74 Å². The number of aromatic amines is 1. The Hall–Kier alpha value is -1.89. The Morgan fingerprint density at radius 2 is 2.39 bits per heavy atom. The minimum atomic E-state index is -1.20. The van der Waals surface area contributed by atoms with E-state index in [0.717, 1.165) is 19.3 Å². The van der Waals surface area contributed by atoms with Crippen LogP contribution in [0.5, 0.6) is 0 Å². The molecule has 0 spiro atoms. The summed E-state index contributed by atoms with van der Waals surface area (Å²) in [5.74, 6) is -1.70. The quantitative estimate of drug-likeness (QED) is 0.720. The van der Waals surface area contributed by atoms with Gasteiger partial charge in [-0.1, -0.05) is 0 Å². The number of imidazole rings is 1. The molecule has 7 heteroatoms. The van der Waals surface area contributed by atoms with Gasteiger partial charge in [-0.15, -0.1) is 0 Å². The summed E-state index contributed by atoms with van der Waals surface area (Å²) in [6, 6.07) is 0. The number of aromatic nitrogens is 2. The number of carboxylic acids is 1. The molecule has 98 valence electrons. The molecule has 1 saturated heterocycles. The minimum absolute atomic E-state index is 0.00919. The zero-order valence-corrected chi connectivity index (χ0v) is 9.81. The van der Waals surface area contributed by atoms with Crippen LogP contribution in [0.4, 0.5) is 0 Å². The number of ether oxygens (including phenoxy) is 1. The first kappa shape index (κ1) is 12.6. The Morgan fingerprint density at radius 3 is 3.06 bits per heavy atom. The van der Waals surface area contributed by atoms with Crippen LogP contribution >= 0.6 is 0 Å². The second-order valence-electron chi connectivity index (χ2n) is 4.13. The third-order valence-corrected chi connectivity index (χ3v) is 2.83. The van der Waals surface area contributed by atoms with E-state index in [0.29, 0.717) is 13.2 Å². The van der Waals surface area contributed by atoms with Gasteiger partial charge in [0.25, 0.3) is 5.91 Å². The summed E-state index contributed by atoms with van der Waals surface area (Å²) in [6.45, 7) is 1.09. The highest BCUT2D eigenvalue weighted by Gasteiger charge is 2.21. The molecule has 2 heterocycles. The van der Waals surface area contributed by atoms with E-state index in [2.05, 4.69) is 15.3 Å². The van der Waals surface area contributed by atoms with Crippen molar-refractivity contribution in [3.05, 3.63) is 17.7 Å². The number of carbonyl (C=O) groups excluding carboxylic acids is 1. The maximum Gasteiger partial charge on any atom is 0.354 e. The summed E-state index contributed by atoms with van der Waals surface area (Å²) in [6.07, 6.45) is 4.24. The van der Waals surface area contributed by atoms with Gasteiger partial charge in [-0.25, -0.2) is 9.78 Å². The molecule has 2 rings (SSSR count). The lowest BCUT2D eigenvalue weighted by Crippen LogP contribution is -2.36. The van der Waals surface area contributed by atoms with E-state index in [-0.39, 0.29) is 17.5 Å². The van der Waals surface area contributed by atoms with Crippen molar-refractivity contribution >= 4 is 11.9 Å². The van der Waals surface area contributed by atoms with Crippen molar-refractivity contribution in [3.8, 4) is 0 Å². The molecule has 1 aromatic heterocycles. The van der Waals surface area contributed by atoms with Gasteiger partial charge >= 0.3 is 5.97 Å². The monoisotopic (exact) mass is 253 g/mol. The molecule has 18 heavy (non-hydrogen) atoms. The van der Waals surface area contributed by atoms with Crippen LogP contribution < -0.4 is 5.32 Å². The molecule has 7 nitrogen and oxygen atoms in total. The van der Waals surface area contributed by atoms with Gasteiger partial charge in [0.15, 0.2) is 11.4 Å². The van der Waals surface area contributed by atoms with E-state index in [1.807, 2.05) is 0 Å². The molecule has 1 aromatic rings. The van der Waals surface area contributed by atoms with Crippen LogP contribution in [0.15, 0.2) is 6.33 Å². The van der Waals surface area contributed by atoms with Gasteiger partial charge in [-0.3, -0.25) is 4.79 Å². The highest BCUT2D eigenvalue weighted by Crippen LogP contribution is 2.12. The van der Waals surface area contributed by atoms with E-state index in [4.69, 9.17) is 9.84 Å². The number of nitrogens with zero attached hydrogens (tertiary/aromatic N) is 1. The van der Waals surface area contributed by atoms with Gasteiger partial charge in [-0.2, -0.15) is 0 Å². The first-order valence-corrected chi connectivity index (χ1v) is 5.85. The zero-order chi connectivity index (χ0) is 13.0. The fraction of sp³-hybridized carbons (Fsp3) is 0.545. The van der Waals surface area contributed by atoms with Gasteiger partial charge < -0.3 is 20.1 Å². The number of nitrogens with one attached hydrogen (secondary N) is 2. The molecule has 0 saturated carbocycles. The first-order valence-electron chi connectivity index (χ1n) is 5.85. The molecule has 1 fully saturated rings. The van der Waals surface area contributed by atoms with E-state index in [1.165, 1.54) is 6.33 Å². The lowest BCUT2D eigenvalue weighted by Gasteiger charge is -2.22. The number of carboxylic acid groups (broad SMARTS) is 1. The van der Waals surface area contributed by atoms with Gasteiger partial charge in [0.05, 0.1) is 12.4 Å². The lowest BCUT2D eigenvalue weighted by molar-refractivity contribution is 0.0168. The van der Waals surface area contributed by atoms with Crippen molar-refractivity contribution in [2.75, 3.05) is 13.2 Å². The van der Waals surface area contributed by atoms with Crippen molar-refractivity contribution in [3.63, 3.8) is 0 Å². The molecule has 0 aromatic carbocycles. The van der Waals surface area contributed by atoms with Gasteiger partial charge in [-0.05, 0) is 19.3 Å². The van der Waals surface area contributed by atoms with Gasteiger partial charge in [0.1, 0.15) is 0 Å². The Kier molecular flexibility index (Phi) is 3.93. The second kappa shape index (κ2) is 5.63. The molecular weight excluding hydrogens is 238 g/mol. The lowest BCUT2D eigenvalue weighted by atomic mass is 10.1. The molecule has 0 aliphatic carbocycles. The van der Waals surface area contributed by atoms with Crippen molar-refractivity contribution in [2.24, 2.45) is 0 Å². The van der Waals surface area contributed by atoms with Crippen LogP contribution in [0, 0.1) is 0 Å². The van der Waals surface area contributed by atoms with E-state index >= 15 is 0 Å². The third kappa shape index (κ3) is 2.86. The zero-order valence-electron chi connectivity index (χ0n) is 9.81. The second-order valence-corrected chi connectivity index (χ2v) is 4.13. The fourth-order valence-corrected chi connectivity index (χ4v) is 1.89. The van der Waals surface area contributed by atoms with Gasteiger partial charge in [0.2, 0.25) is 0 Å². The Balaban J connectivity index is 1.91. The normalized spacial score (nSPS) is 19.4. The molecule has 3 N–H and O–H groups in total. The van der Waals surface area contributed by atoms with Crippen molar-refractivity contribution in [1.82, 2.24) is 15.3 Å². The van der Waals surface area contributed by atoms with Crippen molar-refractivity contribution < 1.29 is 19.4 Å². The summed E-state index contributed by atoms with van der Waals surface area (Å²) in [5.41, 5.74) is -0.296. The van der Waals surface area contributed by atoms with Crippen LogP contribution in [0.3, 0.4) is 0 Å². The van der Waals surface area contributed by atoms with Crippen LogP contribution in [0.2, 0.25) is 0 Å². The molecular formula is C11H15N3O4. The Morgan fingerprint density at radius 1 is 1.56 bits per heavy atom. The SMILES string of the molecule is O=C(NCC1CCCCO1)c1nc[nH]c1C(=O)O. The predicted octanol–water partition coefficient (Wildman–Crippen LogP) is 0.407. The molecule has 1 aliphatic heterocycles. The number of H-pyrrole nitrogens is 1. The highest BCUT2D eigenvalue weighted by molar-refractivity contribution is 6.02. The van der Waals surface area contributed by atoms with Crippen LogP contribution in [-0.4, -0.2) is 46.2 Å². The van der Waals surface area contributed by atoms with Crippen molar-refractivity contribution in [2.45, 2.75) is 25.4 Å². The molecule has 1 unspecified atom stereocenters. The van der Waals surface area contributed by atoms with E-state index < -0.39 is 11.9 Å². The maximum atomic E-state index is 11.8. The fourth-order valence-electron chi connectivity index (χ4n) is 1.89. The first-order chi connectivity index (χ1) is 8.68. The van der Waals surface area contributed by atoms with E-state index in [1.54, 1.807) is 0 Å². The summed E-state index contributed by atoms with van der Waals surface area (Å²) in [5, 5.41) is 11.5. The van der Waals surface area contributed by atoms with Crippen LogP contribution in [0.25, 0.3) is 0 Å². The number of carbonyl (C=O) groups is 2. The number of rotatable bonds is 4. The summed E-state index contributed by atoms with van der Waals surface area (Å²) >= 11 is 0. The summed E-state index contributed by atoms with van der Waals surface area (Å²) < 4.78 is 5.46. The standard InChI is InChI=1S/C11H15N3O4/c15-10(8-9(11(16)17)14-6-13-8)12-5-7-3-1-2-4-18-7/h6-7H,1-5H2,(H,12,15)(H,13,14)(H,16,17). The number of aromatic carboxylic acids is 1. The van der Waals surface area contributed by atoms with Crippen LogP contribution in [0.1, 0.15) is 40.2 Å². The van der Waals surface area contributed by atoms with E-state index in [9.17, 15) is 9.59 Å². The maximum absolute atomic E-state index is 11.8. The third-order valence-electron chi connectivity index (χ3n) is 2.83. The topological polar surface area (TPSA) is 104 Å². The average molecular weight is 253 g/mol. The summed E-state index contributed by atoms with van der Waals surface area (Å²) in [4.78, 5) is 28.7. The van der Waals surface area contributed by atoms with Crippen molar-refractivity contribution in [1.29, 1.82) is 0 Å².